The van der Waals surface area contributed by atoms with Crippen molar-refractivity contribution < 1.29 is 19.1 Å². The van der Waals surface area contributed by atoms with Crippen LogP contribution >= 0.6 is 0 Å². The molecule has 0 spiro atoms. The molecule has 0 rings (SSSR count). The quantitative estimate of drug-likeness (QED) is 0.141. The van der Waals surface area contributed by atoms with Crippen molar-refractivity contribution in [2.75, 3.05) is 13.2 Å². The number of ether oxygens (including phenoxy) is 2. The average molecular weight is 452 g/mol. The molecule has 186 valence electrons. The molecular formula is C27H49NO4. The van der Waals surface area contributed by atoms with Gasteiger partial charge in [-0.2, -0.15) is 5.26 Å². The molecule has 0 aromatic rings. The summed E-state index contributed by atoms with van der Waals surface area (Å²) in [5, 5.41) is 9.56. The second-order valence-electron chi connectivity index (χ2n) is 9.91. The minimum Gasteiger partial charge on any atom is -0.466 e. The number of unbranched alkanes of at least 4 members (excludes halogenated alkanes) is 9. The number of carbonyl (C=O) groups is 2. The third-order valence-electron chi connectivity index (χ3n) is 7.00. The fraction of sp³-hybridized carbons (Fsp3) is 0.889. The molecule has 0 saturated carbocycles. The van der Waals surface area contributed by atoms with E-state index < -0.39 is 5.41 Å². The molecule has 1 atom stereocenters. The van der Waals surface area contributed by atoms with Gasteiger partial charge in [0.25, 0.3) is 0 Å². The van der Waals surface area contributed by atoms with Crippen molar-refractivity contribution in [3.05, 3.63) is 0 Å². The summed E-state index contributed by atoms with van der Waals surface area (Å²) < 4.78 is 10.5. The van der Waals surface area contributed by atoms with E-state index in [1.165, 1.54) is 51.4 Å². The van der Waals surface area contributed by atoms with E-state index in [-0.39, 0.29) is 37.0 Å². The Morgan fingerprint density at radius 2 is 1.19 bits per heavy atom. The van der Waals surface area contributed by atoms with Crippen molar-refractivity contribution in [2.24, 2.45) is 10.8 Å². The van der Waals surface area contributed by atoms with Gasteiger partial charge in [-0.05, 0) is 31.6 Å². The van der Waals surface area contributed by atoms with Crippen molar-refractivity contribution in [1.82, 2.24) is 0 Å². The highest BCUT2D eigenvalue weighted by Gasteiger charge is 2.40. The molecule has 5 heteroatoms. The third kappa shape index (κ3) is 13.8. The van der Waals surface area contributed by atoms with Crippen LogP contribution in [0.2, 0.25) is 0 Å². The molecule has 5 nitrogen and oxygen atoms in total. The highest BCUT2D eigenvalue weighted by atomic mass is 16.5. The van der Waals surface area contributed by atoms with Gasteiger partial charge in [-0.15, -0.1) is 0 Å². The first-order chi connectivity index (χ1) is 15.2. The van der Waals surface area contributed by atoms with Gasteiger partial charge in [0.05, 0.1) is 24.7 Å². The predicted molar refractivity (Wildman–Crippen MR) is 130 cm³/mol. The first-order valence-corrected chi connectivity index (χ1v) is 12.9. The molecule has 0 fully saturated rings. The normalized spacial score (nSPS) is 13.2. The third-order valence-corrected chi connectivity index (χ3v) is 7.00. The van der Waals surface area contributed by atoms with Crippen LogP contribution in [0.4, 0.5) is 0 Å². The fourth-order valence-corrected chi connectivity index (χ4v) is 3.62. The van der Waals surface area contributed by atoms with Crippen molar-refractivity contribution in [3.8, 4) is 6.07 Å². The Hall–Kier alpha value is -1.57. The molecule has 0 N–H and O–H groups in total. The van der Waals surface area contributed by atoms with Crippen LogP contribution in [0.15, 0.2) is 0 Å². The Morgan fingerprint density at radius 3 is 1.66 bits per heavy atom. The van der Waals surface area contributed by atoms with Crippen LogP contribution < -0.4 is 0 Å². The molecule has 0 amide bonds. The van der Waals surface area contributed by atoms with Crippen LogP contribution in [-0.2, 0) is 19.1 Å². The SMILES string of the molecule is CCCCCCCCCCCCC(=O)OCCCOC(=O)CCC(C)(C#N)C(C)(C)CC. The minimum atomic E-state index is -0.565. The van der Waals surface area contributed by atoms with Gasteiger partial charge in [0, 0.05) is 19.3 Å². The molecule has 0 aliphatic rings. The lowest BCUT2D eigenvalue weighted by Crippen LogP contribution is -2.34. The van der Waals surface area contributed by atoms with Crippen molar-refractivity contribution >= 4 is 11.9 Å². The predicted octanol–water partition coefficient (Wildman–Crippen LogP) is 7.52. The molecule has 0 bridgehead atoms. The maximum absolute atomic E-state index is 12.0. The first-order valence-electron chi connectivity index (χ1n) is 12.9. The van der Waals surface area contributed by atoms with E-state index in [1.54, 1.807) is 0 Å². The van der Waals surface area contributed by atoms with Crippen LogP contribution in [-0.4, -0.2) is 25.2 Å². The summed E-state index contributed by atoms with van der Waals surface area (Å²) in [7, 11) is 0. The smallest absolute Gasteiger partial charge is 0.305 e. The van der Waals surface area contributed by atoms with Gasteiger partial charge in [0.15, 0.2) is 0 Å². The Labute approximate surface area is 197 Å². The summed E-state index contributed by atoms with van der Waals surface area (Å²) >= 11 is 0. The standard InChI is InChI=1S/C27H49NO4/c1-6-8-9-10-11-12-13-14-15-16-18-24(29)31-21-17-22-32-25(30)19-20-27(5,23-28)26(3,4)7-2/h6-22H2,1-5H3. The number of hydrogen-bond donors (Lipinski definition) is 0. The summed E-state index contributed by atoms with van der Waals surface area (Å²) in [6.07, 6.45) is 15.0. The Kier molecular flexibility index (Phi) is 17.0. The Bertz CT molecular complexity index is 552. The molecule has 0 aliphatic carbocycles. The van der Waals surface area contributed by atoms with E-state index in [2.05, 4.69) is 33.8 Å². The zero-order valence-corrected chi connectivity index (χ0v) is 21.6. The molecule has 0 aliphatic heterocycles. The van der Waals surface area contributed by atoms with Gasteiger partial charge in [-0.3, -0.25) is 9.59 Å². The summed E-state index contributed by atoms with van der Waals surface area (Å²) in [6, 6.07) is 2.39. The number of nitriles is 1. The number of esters is 2. The van der Waals surface area contributed by atoms with Gasteiger partial charge in [-0.25, -0.2) is 0 Å². The highest BCUT2D eigenvalue weighted by molar-refractivity contribution is 5.69. The van der Waals surface area contributed by atoms with E-state index in [0.717, 1.165) is 19.3 Å². The Balaban J connectivity index is 3.68. The second kappa shape index (κ2) is 17.9. The molecule has 0 saturated heterocycles. The zero-order chi connectivity index (χ0) is 24.3. The maximum atomic E-state index is 12.0. The van der Waals surface area contributed by atoms with Gasteiger partial charge < -0.3 is 9.47 Å². The molecule has 1 unspecified atom stereocenters. The molecular weight excluding hydrogens is 402 g/mol. The summed E-state index contributed by atoms with van der Waals surface area (Å²) in [5.74, 6) is -0.461. The lowest BCUT2D eigenvalue weighted by atomic mass is 9.64. The maximum Gasteiger partial charge on any atom is 0.305 e. The molecule has 0 aromatic heterocycles. The second-order valence-corrected chi connectivity index (χ2v) is 9.91. The number of carbonyl (C=O) groups excluding carboxylic acids is 2. The van der Waals surface area contributed by atoms with Crippen LogP contribution in [0.3, 0.4) is 0 Å². The molecule has 0 radical (unpaired) electrons. The van der Waals surface area contributed by atoms with Gasteiger partial charge in [0.2, 0.25) is 0 Å². The van der Waals surface area contributed by atoms with Crippen molar-refractivity contribution in [1.29, 1.82) is 5.26 Å². The summed E-state index contributed by atoms with van der Waals surface area (Å²) in [5.41, 5.74) is -0.727. The molecule has 32 heavy (non-hydrogen) atoms. The van der Waals surface area contributed by atoms with Crippen molar-refractivity contribution in [3.63, 3.8) is 0 Å². The highest BCUT2D eigenvalue weighted by Crippen LogP contribution is 2.44. The largest absolute Gasteiger partial charge is 0.466 e. The van der Waals surface area contributed by atoms with E-state index in [1.807, 2.05) is 6.92 Å². The van der Waals surface area contributed by atoms with Gasteiger partial charge in [-0.1, -0.05) is 85.5 Å². The minimum absolute atomic E-state index is 0.162. The molecule has 0 aromatic carbocycles. The average Bonchev–Trinajstić information content (AvgIpc) is 2.78. The van der Waals surface area contributed by atoms with Gasteiger partial charge >= 0.3 is 11.9 Å². The Morgan fingerprint density at radius 1 is 0.719 bits per heavy atom. The lowest BCUT2D eigenvalue weighted by molar-refractivity contribution is -0.146. The number of rotatable bonds is 20. The summed E-state index contributed by atoms with van der Waals surface area (Å²) in [6.45, 7) is 10.9. The zero-order valence-electron chi connectivity index (χ0n) is 21.6. The fourth-order valence-electron chi connectivity index (χ4n) is 3.62. The van der Waals surface area contributed by atoms with E-state index in [9.17, 15) is 14.9 Å². The number of hydrogen-bond acceptors (Lipinski definition) is 5. The number of nitrogens with zero attached hydrogens (tertiary/aromatic N) is 1. The van der Waals surface area contributed by atoms with E-state index in [4.69, 9.17) is 9.47 Å². The van der Waals surface area contributed by atoms with Crippen LogP contribution in [0.5, 0.6) is 0 Å². The van der Waals surface area contributed by atoms with Gasteiger partial charge in [0.1, 0.15) is 0 Å². The monoisotopic (exact) mass is 451 g/mol. The molecule has 0 heterocycles. The van der Waals surface area contributed by atoms with Crippen LogP contribution in [0, 0.1) is 22.2 Å². The van der Waals surface area contributed by atoms with Crippen LogP contribution in [0.25, 0.3) is 0 Å². The van der Waals surface area contributed by atoms with E-state index in [0.29, 0.717) is 19.3 Å². The lowest BCUT2D eigenvalue weighted by Gasteiger charge is -2.38. The summed E-state index contributed by atoms with van der Waals surface area (Å²) in [4.78, 5) is 23.8. The topological polar surface area (TPSA) is 76.4 Å². The first kappa shape index (κ1) is 30.4. The van der Waals surface area contributed by atoms with E-state index >= 15 is 0 Å². The van der Waals surface area contributed by atoms with Crippen LogP contribution in [0.1, 0.15) is 131 Å². The van der Waals surface area contributed by atoms with Crippen molar-refractivity contribution in [2.45, 2.75) is 131 Å².